The molecule has 1 aliphatic carbocycles. The van der Waals surface area contributed by atoms with Gasteiger partial charge < -0.3 is 5.32 Å². The van der Waals surface area contributed by atoms with Crippen molar-refractivity contribution >= 4 is 21.8 Å². The molecule has 2 nitrogen and oxygen atoms in total. The van der Waals surface area contributed by atoms with Crippen LogP contribution in [0.4, 0.5) is 8.78 Å². The minimum atomic E-state index is -0.692. The molecule has 1 N–H and O–H groups in total. The predicted octanol–water partition coefficient (Wildman–Crippen LogP) is 3.65. The van der Waals surface area contributed by atoms with Crippen molar-refractivity contribution in [1.82, 2.24) is 5.32 Å². The Balaban J connectivity index is 1.89. The topological polar surface area (TPSA) is 29.1 Å². The fourth-order valence-electron chi connectivity index (χ4n) is 2.33. The quantitative estimate of drug-likeness (QED) is 0.841. The molecular formula is C14H16BrF2NO. The zero-order valence-electron chi connectivity index (χ0n) is 10.5. The van der Waals surface area contributed by atoms with Gasteiger partial charge in [0.05, 0.1) is 5.56 Å². The van der Waals surface area contributed by atoms with Crippen LogP contribution in [0.2, 0.25) is 0 Å². The van der Waals surface area contributed by atoms with Gasteiger partial charge in [0.2, 0.25) is 0 Å². The molecule has 1 aromatic carbocycles. The summed E-state index contributed by atoms with van der Waals surface area (Å²) in [6, 6.07) is 2.91. The second kappa shape index (κ2) is 6.46. The Kier molecular flexibility index (Phi) is 4.91. The van der Waals surface area contributed by atoms with Gasteiger partial charge >= 0.3 is 0 Å². The summed E-state index contributed by atoms with van der Waals surface area (Å²) in [4.78, 5) is 12.4. The number of carbonyl (C=O) groups excluding carboxylic acids is 1. The third-order valence-corrected chi connectivity index (χ3v) is 4.42. The molecule has 19 heavy (non-hydrogen) atoms. The lowest BCUT2D eigenvalue weighted by Gasteiger charge is -2.25. The standard InChI is InChI=1S/C14H16BrF2NO/c15-10-3-1-9(2-4-10)8-18-14(19)12-7-11(16)5-6-13(12)17/h5-7,9-10H,1-4,8H2,(H,18,19). The van der Waals surface area contributed by atoms with Gasteiger partial charge in [-0.15, -0.1) is 0 Å². The Morgan fingerprint density at radius 2 is 1.95 bits per heavy atom. The fourth-order valence-corrected chi connectivity index (χ4v) is 2.86. The van der Waals surface area contributed by atoms with Gasteiger partial charge in [-0.2, -0.15) is 0 Å². The van der Waals surface area contributed by atoms with Crippen molar-refractivity contribution < 1.29 is 13.6 Å². The smallest absolute Gasteiger partial charge is 0.254 e. The van der Waals surface area contributed by atoms with E-state index in [1.54, 1.807) is 0 Å². The van der Waals surface area contributed by atoms with Crippen molar-refractivity contribution in [3.05, 3.63) is 35.4 Å². The molecule has 0 unspecified atom stereocenters. The SMILES string of the molecule is O=C(NCC1CCC(Br)CC1)c1cc(F)ccc1F. The van der Waals surface area contributed by atoms with Crippen molar-refractivity contribution in [2.75, 3.05) is 6.54 Å². The Morgan fingerprint density at radius 3 is 2.63 bits per heavy atom. The summed E-state index contributed by atoms with van der Waals surface area (Å²) < 4.78 is 26.4. The van der Waals surface area contributed by atoms with Crippen molar-refractivity contribution in [1.29, 1.82) is 0 Å². The van der Waals surface area contributed by atoms with E-state index in [1.165, 1.54) is 0 Å². The highest BCUT2D eigenvalue weighted by molar-refractivity contribution is 9.09. The van der Waals surface area contributed by atoms with Gasteiger partial charge in [-0.1, -0.05) is 15.9 Å². The normalized spacial score (nSPS) is 23.1. The number of hydrogen-bond donors (Lipinski definition) is 1. The number of carbonyl (C=O) groups is 1. The molecule has 0 saturated heterocycles. The highest BCUT2D eigenvalue weighted by Gasteiger charge is 2.20. The van der Waals surface area contributed by atoms with Crippen LogP contribution in [-0.2, 0) is 0 Å². The Labute approximate surface area is 119 Å². The van der Waals surface area contributed by atoms with E-state index in [9.17, 15) is 13.6 Å². The van der Waals surface area contributed by atoms with Gasteiger partial charge in [0.15, 0.2) is 0 Å². The second-order valence-electron chi connectivity index (χ2n) is 4.95. The molecule has 0 heterocycles. The number of rotatable bonds is 3. The highest BCUT2D eigenvalue weighted by atomic mass is 79.9. The van der Waals surface area contributed by atoms with Crippen LogP contribution in [0.25, 0.3) is 0 Å². The maximum atomic E-state index is 13.4. The molecule has 0 spiro atoms. The van der Waals surface area contributed by atoms with Crippen LogP contribution < -0.4 is 5.32 Å². The first-order valence-electron chi connectivity index (χ1n) is 6.43. The third-order valence-electron chi connectivity index (χ3n) is 3.50. The zero-order chi connectivity index (χ0) is 13.8. The van der Waals surface area contributed by atoms with E-state index in [0.29, 0.717) is 17.3 Å². The van der Waals surface area contributed by atoms with Crippen molar-refractivity contribution in [3.8, 4) is 0 Å². The first-order chi connectivity index (χ1) is 9.06. The van der Waals surface area contributed by atoms with Crippen LogP contribution in [0.5, 0.6) is 0 Å². The lowest BCUT2D eigenvalue weighted by atomic mass is 9.89. The number of hydrogen-bond acceptors (Lipinski definition) is 1. The maximum absolute atomic E-state index is 13.4. The minimum absolute atomic E-state index is 0.228. The molecule has 0 atom stereocenters. The molecule has 104 valence electrons. The average molecular weight is 332 g/mol. The first kappa shape index (κ1) is 14.4. The number of benzene rings is 1. The van der Waals surface area contributed by atoms with E-state index in [-0.39, 0.29) is 5.56 Å². The van der Waals surface area contributed by atoms with E-state index in [1.807, 2.05) is 0 Å². The molecule has 1 fully saturated rings. The molecule has 0 bridgehead atoms. The molecule has 1 aromatic rings. The van der Waals surface area contributed by atoms with Gasteiger partial charge in [0.25, 0.3) is 5.91 Å². The van der Waals surface area contributed by atoms with Crippen LogP contribution in [0.1, 0.15) is 36.0 Å². The summed E-state index contributed by atoms with van der Waals surface area (Å²) in [5.41, 5.74) is -0.228. The summed E-state index contributed by atoms with van der Waals surface area (Å²) in [6.45, 7) is 0.522. The maximum Gasteiger partial charge on any atom is 0.254 e. The monoisotopic (exact) mass is 331 g/mol. The van der Waals surface area contributed by atoms with Crippen LogP contribution in [0.15, 0.2) is 18.2 Å². The number of amides is 1. The molecule has 1 saturated carbocycles. The van der Waals surface area contributed by atoms with Crippen molar-refractivity contribution in [2.45, 2.75) is 30.5 Å². The molecular weight excluding hydrogens is 316 g/mol. The van der Waals surface area contributed by atoms with Gasteiger partial charge in [0.1, 0.15) is 11.6 Å². The molecule has 5 heteroatoms. The fraction of sp³-hybridized carbons (Fsp3) is 0.500. The van der Waals surface area contributed by atoms with Crippen molar-refractivity contribution in [3.63, 3.8) is 0 Å². The largest absolute Gasteiger partial charge is 0.352 e. The summed E-state index contributed by atoms with van der Waals surface area (Å²) in [5.74, 6) is -1.42. The summed E-state index contributed by atoms with van der Waals surface area (Å²) >= 11 is 3.57. The molecule has 0 aromatic heterocycles. The van der Waals surface area contributed by atoms with Crippen LogP contribution in [0, 0.1) is 17.6 Å². The number of nitrogens with one attached hydrogen (secondary N) is 1. The van der Waals surface area contributed by atoms with Gasteiger partial charge in [0, 0.05) is 11.4 Å². The zero-order valence-corrected chi connectivity index (χ0v) is 12.1. The second-order valence-corrected chi connectivity index (χ2v) is 6.25. The van der Waals surface area contributed by atoms with Gasteiger partial charge in [-0.05, 0) is 49.8 Å². The van der Waals surface area contributed by atoms with E-state index >= 15 is 0 Å². The van der Waals surface area contributed by atoms with Crippen LogP contribution in [-0.4, -0.2) is 17.3 Å². The summed E-state index contributed by atoms with van der Waals surface area (Å²) in [5, 5.41) is 2.69. The highest BCUT2D eigenvalue weighted by Crippen LogP contribution is 2.28. The van der Waals surface area contributed by atoms with Crippen LogP contribution >= 0.6 is 15.9 Å². The predicted molar refractivity (Wildman–Crippen MR) is 73.4 cm³/mol. The third kappa shape index (κ3) is 4.00. The molecule has 1 aliphatic rings. The lowest BCUT2D eigenvalue weighted by Crippen LogP contribution is -2.32. The van der Waals surface area contributed by atoms with E-state index < -0.39 is 17.5 Å². The number of alkyl halides is 1. The molecule has 0 aliphatic heterocycles. The van der Waals surface area contributed by atoms with Crippen molar-refractivity contribution in [2.24, 2.45) is 5.92 Å². The average Bonchev–Trinajstić information content (AvgIpc) is 2.40. The van der Waals surface area contributed by atoms with E-state index in [2.05, 4.69) is 21.2 Å². The molecule has 1 amide bonds. The minimum Gasteiger partial charge on any atom is -0.352 e. The first-order valence-corrected chi connectivity index (χ1v) is 7.35. The van der Waals surface area contributed by atoms with E-state index in [0.717, 1.165) is 43.9 Å². The van der Waals surface area contributed by atoms with Gasteiger partial charge in [-0.3, -0.25) is 4.79 Å². The summed E-state index contributed by atoms with van der Waals surface area (Å²) in [6.07, 6.45) is 4.27. The Hall–Kier alpha value is -0.970. The summed E-state index contributed by atoms with van der Waals surface area (Å²) in [7, 11) is 0. The lowest BCUT2D eigenvalue weighted by molar-refractivity contribution is 0.0939. The molecule has 0 radical (unpaired) electrons. The Morgan fingerprint density at radius 1 is 1.26 bits per heavy atom. The van der Waals surface area contributed by atoms with E-state index in [4.69, 9.17) is 0 Å². The number of halogens is 3. The van der Waals surface area contributed by atoms with Gasteiger partial charge in [-0.25, -0.2) is 8.78 Å². The molecule has 2 rings (SSSR count). The Bertz CT molecular complexity index is 459. The van der Waals surface area contributed by atoms with Crippen LogP contribution in [0.3, 0.4) is 0 Å².